The molecule has 1 aromatic carbocycles. The van der Waals surface area contributed by atoms with Crippen LogP contribution in [0.2, 0.25) is 0 Å². The molecule has 1 aromatic rings. The Morgan fingerprint density at radius 2 is 2.12 bits per heavy atom. The molecule has 1 atom stereocenters. The minimum absolute atomic E-state index is 0.502. The van der Waals surface area contributed by atoms with Crippen molar-refractivity contribution in [1.29, 1.82) is 0 Å². The molecule has 0 aromatic heterocycles. The second-order valence-corrected chi connectivity index (χ2v) is 4.70. The Morgan fingerprint density at radius 3 is 2.69 bits per heavy atom. The lowest BCUT2D eigenvalue weighted by atomic mass is 10.1. The minimum Gasteiger partial charge on any atom is -0.278 e. The van der Waals surface area contributed by atoms with Gasteiger partial charge < -0.3 is 0 Å². The van der Waals surface area contributed by atoms with Crippen LogP contribution in [0, 0.1) is 5.92 Å². The summed E-state index contributed by atoms with van der Waals surface area (Å²) in [5.74, 6) is 0.502. The maximum absolute atomic E-state index is 4.63. The molecule has 0 bridgehead atoms. The fraction of sp³-hybridized carbons (Fsp3) is 0.357. The second-order valence-electron chi connectivity index (χ2n) is 3.82. The van der Waals surface area contributed by atoms with Crippen LogP contribution in [0.5, 0.6) is 0 Å². The van der Waals surface area contributed by atoms with Crippen molar-refractivity contribution in [3.63, 3.8) is 0 Å². The molecular formula is C14H19NS. The van der Waals surface area contributed by atoms with E-state index in [1.165, 1.54) is 10.6 Å². The molecule has 1 nitrogen and oxygen atoms in total. The van der Waals surface area contributed by atoms with E-state index in [9.17, 15) is 0 Å². The molecule has 0 aliphatic carbocycles. The van der Waals surface area contributed by atoms with E-state index in [2.05, 4.69) is 49.0 Å². The number of rotatable bonds is 5. The van der Waals surface area contributed by atoms with Gasteiger partial charge in [-0.05, 0) is 17.7 Å². The van der Waals surface area contributed by atoms with Crippen LogP contribution < -0.4 is 0 Å². The first kappa shape index (κ1) is 13.0. The predicted octanol–water partition coefficient (Wildman–Crippen LogP) is 4.16. The maximum atomic E-state index is 4.63. The Balaban J connectivity index is 2.56. The molecule has 0 aliphatic heterocycles. The number of benzene rings is 1. The SMILES string of the molecule is C=CC(C)CC(=NCc1ccccc1)SC. The largest absolute Gasteiger partial charge is 0.278 e. The van der Waals surface area contributed by atoms with Crippen LogP contribution in [0.1, 0.15) is 18.9 Å². The molecule has 0 saturated heterocycles. The van der Waals surface area contributed by atoms with Gasteiger partial charge in [-0.3, -0.25) is 4.99 Å². The first-order valence-corrected chi connectivity index (χ1v) is 6.72. The number of nitrogens with zero attached hydrogens (tertiary/aromatic N) is 1. The highest BCUT2D eigenvalue weighted by molar-refractivity contribution is 8.13. The summed E-state index contributed by atoms with van der Waals surface area (Å²) in [4.78, 5) is 4.63. The summed E-state index contributed by atoms with van der Waals surface area (Å²) in [5.41, 5.74) is 1.26. The van der Waals surface area contributed by atoms with E-state index < -0.39 is 0 Å². The van der Waals surface area contributed by atoms with Gasteiger partial charge in [-0.25, -0.2) is 0 Å². The highest BCUT2D eigenvalue weighted by atomic mass is 32.2. The van der Waals surface area contributed by atoms with E-state index in [4.69, 9.17) is 0 Å². The van der Waals surface area contributed by atoms with Gasteiger partial charge in [0.25, 0.3) is 0 Å². The molecule has 0 aliphatic rings. The summed E-state index contributed by atoms with van der Waals surface area (Å²) in [6, 6.07) is 10.4. The summed E-state index contributed by atoms with van der Waals surface area (Å²) in [7, 11) is 0. The van der Waals surface area contributed by atoms with Crippen LogP contribution >= 0.6 is 11.8 Å². The molecule has 0 amide bonds. The highest BCUT2D eigenvalue weighted by Crippen LogP contribution is 2.13. The van der Waals surface area contributed by atoms with Crippen molar-refractivity contribution in [2.75, 3.05) is 6.26 Å². The Bertz CT molecular complexity index is 343. The van der Waals surface area contributed by atoms with E-state index in [1.807, 2.05) is 12.1 Å². The molecule has 0 N–H and O–H groups in total. The van der Waals surface area contributed by atoms with Crippen LogP contribution in [-0.2, 0) is 6.54 Å². The van der Waals surface area contributed by atoms with E-state index in [-0.39, 0.29) is 0 Å². The molecule has 2 heteroatoms. The molecule has 0 fully saturated rings. The first-order chi connectivity index (χ1) is 7.76. The van der Waals surface area contributed by atoms with Crippen LogP contribution in [0.15, 0.2) is 48.0 Å². The van der Waals surface area contributed by atoms with Crippen molar-refractivity contribution in [3.8, 4) is 0 Å². The Morgan fingerprint density at radius 1 is 1.44 bits per heavy atom. The summed E-state index contributed by atoms with van der Waals surface area (Å²) in [6.07, 6.45) is 5.06. The number of allylic oxidation sites excluding steroid dienone is 1. The maximum Gasteiger partial charge on any atom is 0.0683 e. The number of thioether (sulfide) groups is 1. The zero-order valence-corrected chi connectivity index (χ0v) is 10.8. The fourth-order valence-corrected chi connectivity index (χ4v) is 1.96. The van der Waals surface area contributed by atoms with Gasteiger partial charge in [0.2, 0.25) is 0 Å². The third-order valence-electron chi connectivity index (χ3n) is 2.42. The van der Waals surface area contributed by atoms with Gasteiger partial charge in [-0.1, -0.05) is 43.3 Å². The summed E-state index contributed by atoms with van der Waals surface area (Å²) >= 11 is 1.74. The monoisotopic (exact) mass is 233 g/mol. The van der Waals surface area contributed by atoms with Crippen molar-refractivity contribution in [2.24, 2.45) is 10.9 Å². The Hall–Kier alpha value is -1.02. The number of hydrogen-bond donors (Lipinski definition) is 0. The van der Waals surface area contributed by atoms with Gasteiger partial charge in [0, 0.05) is 6.42 Å². The van der Waals surface area contributed by atoms with E-state index in [0.29, 0.717) is 5.92 Å². The van der Waals surface area contributed by atoms with Crippen LogP contribution in [0.4, 0.5) is 0 Å². The van der Waals surface area contributed by atoms with Crippen molar-refractivity contribution in [3.05, 3.63) is 48.6 Å². The molecule has 0 spiro atoms. The van der Waals surface area contributed by atoms with Crippen molar-refractivity contribution in [2.45, 2.75) is 19.9 Å². The first-order valence-electron chi connectivity index (χ1n) is 5.50. The molecular weight excluding hydrogens is 214 g/mol. The molecule has 0 radical (unpaired) electrons. The van der Waals surface area contributed by atoms with Crippen LogP contribution in [0.25, 0.3) is 0 Å². The Labute approximate surface area is 103 Å². The zero-order chi connectivity index (χ0) is 11.8. The molecule has 0 heterocycles. The van der Waals surface area contributed by atoms with E-state index in [1.54, 1.807) is 11.8 Å². The molecule has 16 heavy (non-hydrogen) atoms. The van der Waals surface area contributed by atoms with E-state index in [0.717, 1.165) is 13.0 Å². The topological polar surface area (TPSA) is 12.4 Å². The van der Waals surface area contributed by atoms with Gasteiger partial charge in [0.05, 0.1) is 11.6 Å². The second kappa shape index (κ2) is 7.29. The minimum atomic E-state index is 0.502. The highest BCUT2D eigenvalue weighted by Gasteiger charge is 2.02. The average Bonchev–Trinajstić information content (AvgIpc) is 2.35. The van der Waals surface area contributed by atoms with Gasteiger partial charge in [-0.15, -0.1) is 18.3 Å². The standard InChI is InChI=1S/C14H19NS/c1-4-12(2)10-14(16-3)15-11-13-8-6-5-7-9-13/h4-9,12H,1,10-11H2,2-3H3. The molecule has 1 unspecified atom stereocenters. The van der Waals surface area contributed by atoms with Gasteiger partial charge in [0.1, 0.15) is 0 Å². The third-order valence-corrected chi connectivity index (χ3v) is 3.18. The average molecular weight is 233 g/mol. The van der Waals surface area contributed by atoms with Gasteiger partial charge in [0.15, 0.2) is 0 Å². The lowest BCUT2D eigenvalue weighted by Crippen LogP contribution is -2.00. The van der Waals surface area contributed by atoms with Crippen LogP contribution in [0.3, 0.4) is 0 Å². The van der Waals surface area contributed by atoms with Gasteiger partial charge in [-0.2, -0.15) is 0 Å². The van der Waals surface area contributed by atoms with Crippen molar-refractivity contribution in [1.82, 2.24) is 0 Å². The smallest absolute Gasteiger partial charge is 0.0683 e. The molecule has 1 rings (SSSR count). The van der Waals surface area contributed by atoms with Crippen molar-refractivity contribution >= 4 is 16.8 Å². The number of aliphatic imine (C=N–C) groups is 1. The predicted molar refractivity (Wildman–Crippen MR) is 75.1 cm³/mol. The normalized spacial score (nSPS) is 13.5. The quantitative estimate of drug-likeness (QED) is 0.422. The molecule has 86 valence electrons. The lowest BCUT2D eigenvalue weighted by Gasteiger charge is -2.07. The Kier molecular flexibility index (Phi) is 5.94. The summed E-state index contributed by atoms with van der Waals surface area (Å²) in [5, 5.41) is 1.20. The zero-order valence-electron chi connectivity index (χ0n) is 10.0. The van der Waals surface area contributed by atoms with E-state index >= 15 is 0 Å². The summed E-state index contributed by atoms with van der Waals surface area (Å²) in [6.45, 7) is 6.75. The molecule has 0 saturated carbocycles. The fourth-order valence-electron chi connectivity index (χ4n) is 1.33. The third kappa shape index (κ3) is 4.67. The summed E-state index contributed by atoms with van der Waals surface area (Å²) < 4.78 is 0. The van der Waals surface area contributed by atoms with Crippen molar-refractivity contribution < 1.29 is 0 Å². The number of hydrogen-bond acceptors (Lipinski definition) is 2. The lowest BCUT2D eigenvalue weighted by molar-refractivity contribution is 0.773. The van der Waals surface area contributed by atoms with Crippen LogP contribution in [-0.4, -0.2) is 11.3 Å². The van der Waals surface area contributed by atoms with Gasteiger partial charge >= 0.3 is 0 Å².